The van der Waals surface area contributed by atoms with Crippen LogP contribution in [0.5, 0.6) is 0 Å². The number of hydrogen-bond donors (Lipinski definition) is 2. The lowest BCUT2D eigenvalue weighted by Gasteiger charge is -2.26. The highest BCUT2D eigenvalue weighted by Crippen LogP contribution is 2.23. The number of hydrogen-bond acceptors (Lipinski definition) is 3. The molecule has 0 radical (unpaired) electrons. The first-order valence-electron chi connectivity index (χ1n) is 5.84. The van der Waals surface area contributed by atoms with E-state index in [-0.39, 0.29) is 5.69 Å². The smallest absolute Gasteiger partial charge is 0.313 e. The van der Waals surface area contributed by atoms with Gasteiger partial charge in [-0.1, -0.05) is 0 Å². The number of nitrogens with one attached hydrogen (secondary N) is 2. The van der Waals surface area contributed by atoms with E-state index in [1.54, 1.807) is 0 Å². The molecule has 0 unspecified atom stereocenters. The normalized spacial score (nSPS) is 15.2. The van der Waals surface area contributed by atoms with Gasteiger partial charge in [0.1, 0.15) is 5.82 Å². The van der Waals surface area contributed by atoms with Gasteiger partial charge in [-0.2, -0.15) is 0 Å². The average molecular weight is 330 g/mol. The molecule has 7 heteroatoms. The summed E-state index contributed by atoms with van der Waals surface area (Å²) in [5, 5.41) is 5.50. The van der Waals surface area contributed by atoms with Crippen molar-refractivity contribution >= 4 is 33.4 Å². The SMILES string of the molecule is O=C(Nc1cc(F)ccc1Br)C(=O)N1CCNCC1. The van der Waals surface area contributed by atoms with Crippen molar-refractivity contribution in [1.29, 1.82) is 0 Å². The van der Waals surface area contributed by atoms with Crippen molar-refractivity contribution < 1.29 is 14.0 Å². The van der Waals surface area contributed by atoms with E-state index in [0.29, 0.717) is 30.7 Å². The topological polar surface area (TPSA) is 61.4 Å². The molecule has 0 aromatic heterocycles. The van der Waals surface area contributed by atoms with Crippen LogP contribution in [0.2, 0.25) is 0 Å². The highest BCUT2D eigenvalue weighted by Gasteiger charge is 2.23. The summed E-state index contributed by atoms with van der Waals surface area (Å²) < 4.78 is 13.6. The van der Waals surface area contributed by atoms with E-state index >= 15 is 0 Å². The zero-order chi connectivity index (χ0) is 13.8. The van der Waals surface area contributed by atoms with E-state index in [0.717, 1.165) is 6.07 Å². The summed E-state index contributed by atoms with van der Waals surface area (Å²) in [4.78, 5) is 25.2. The highest BCUT2D eigenvalue weighted by atomic mass is 79.9. The maximum atomic E-state index is 13.1. The van der Waals surface area contributed by atoms with Gasteiger partial charge in [0.05, 0.1) is 5.69 Å². The number of halogens is 2. The Morgan fingerprint density at radius 3 is 2.68 bits per heavy atom. The van der Waals surface area contributed by atoms with Crippen LogP contribution in [-0.2, 0) is 9.59 Å². The van der Waals surface area contributed by atoms with Gasteiger partial charge >= 0.3 is 11.8 Å². The summed E-state index contributed by atoms with van der Waals surface area (Å²) >= 11 is 3.19. The molecule has 1 aromatic carbocycles. The van der Waals surface area contributed by atoms with Crippen molar-refractivity contribution in [3.05, 3.63) is 28.5 Å². The first-order valence-corrected chi connectivity index (χ1v) is 6.63. The van der Waals surface area contributed by atoms with E-state index < -0.39 is 17.6 Å². The van der Waals surface area contributed by atoms with E-state index in [2.05, 4.69) is 26.6 Å². The van der Waals surface area contributed by atoms with Gasteiger partial charge in [0.15, 0.2) is 0 Å². The number of amides is 2. The van der Waals surface area contributed by atoms with Gasteiger partial charge in [0.25, 0.3) is 0 Å². The molecule has 0 atom stereocenters. The highest BCUT2D eigenvalue weighted by molar-refractivity contribution is 9.10. The zero-order valence-electron chi connectivity index (χ0n) is 10.1. The summed E-state index contributed by atoms with van der Waals surface area (Å²) in [5.41, 5.74) is 0.244. The van der Waals surface area contributed by atoms with Crippen LogP contribution >= 0.6 is 15.9 Å². The monoisotopic (exact) mass is 329 g/mol. The molecule has 2 rings (SSSR count). The van der Waals surface area contributed by atoms with Crippen molar-refractivity contribution in [2.75, 3.05) is 31.5 Å². The predicted molar refractivity (Wildman–Crippen MR) is 72.2 cm³/mol. The molecule has 102 valence electrons. The molecule has 1 saturated heterocycles. The van der Waals surface area contributed by atoms with Crippen LogP contribution in [0.3, 0.4) is 0 Å². The predicted octanol–water partition coefficient (Wildman–Crippen LogP) is 0.958. The van der Waals surface area contributed by atoms with Crippen molar-refractivity contribution in [1.82, 2.24) is 10.2 Å². The van der Waals surface area contributed by atoms with E-state index in [4.69, 9.17) is 0 Å². The van der Waals surface area contributed by atoms with Crippen LogP contribution in [0.1, 0.15) is 0 Å². The lowest BCUT2D eigenvalue weighted by molar-refractivity contribution is -0.143. The van der Waals surface area contributed by atoms with Crippen LogP contribution < -0.4 is 10.6 Å². The Bertz CT molecular complexity index is 504. The van der Waals surface area contributed by atoms with Gasteiger partial charge in [0.2, 0.25) is 0 Å². The summed E-state index contributed by atoms with van der Waals surface area (Å²) in [5.74, 6) is -1.83. The molecule has 1 aliphatic heterocycles. The minimum absolute atomic E-state index is 0.244. The third kappa shape index (κ3) is 3.51. The van der Waals surface area contributed by atoms with Gasteiger partial charge < -0.3 is 15.5 Å². The number of nitrogens with zero attached hydrogens (tertiary/aromatic N) is 1. The van der Waals surface area contributed by atoms with E-state index in [9.17, 15) is 14.0 Å². The molecule has 0 saturated carbocycles. The first-order chi connectivity index (χ1) is 9.08. The number of carbonyl (C=O) groups is 2. The van der Waals surface area contributed by atoms with Crippen LogP contribution in [0.15, 0.2) is 22.7 Å². The van der Waals surface area contributed by atoms with Crippen molar-refractivity contribution in [3.63, 3.8) is 0 Å². The van der Waals surface area contributed by atoms with Gasteiger partial charge in [-0.25, -0.2) is 4.39 Å². The Hall–Kier alpha value is -1.47. The first kappa shape index (κ1) is 14.0. The molecular weight excluding hydrogens is 317 g/mol. The Morgan fingerprint density at radius 1 is 1.32 bits per heavy atom. The lowest BCUT2D eigenvalue weighted by Crippen LogP contribution is -2.49. The zero-order valence-corrected chi connectivity index (χ0v) is 11.7. The number of anilines is 1. The molecule has 0 bridgehead atoms. The second-order valence-electron chi connectivity index (χ2n) is 4.12. The average Bonchev–Trinajstić information content (AvgIpc) is 2.43. The van der Waals surface area contributed by atoms with Crippen molar-refractivity contribution in [2.24, 2.45) is 0 Å². The van der Waals surface area contributed by atoms with Crippen LogP contribution in [0.4, 0.5) is 10.1 Å². The van der Waals surface area contributed by atoms with Gasteiger partial charge in [-0.15, -0.1) is 0 Å². The Kier molecular flexibility index (Phi) is 4.49. The Balaban J connectivity index is 2.03. The molecule has 1 aromatic rings. The minimum atomic E-state index is -0.756. The molecule has 2 amide bonds. The summed E-state index contributed by atoms with van der Waals surface area (Å²) in [6.07, 6.45) is 0. The molecule has 0 spiro atoms. The van der Waals surface area contributed by atoms with Crippen LogP contribution in [0, 0.1) is 5.82 Å². The standard InChI is InChI=1S/C12H13BrFN3O2/c13-9-2-1-8(14)7-10(9)16-11(18)12(19)17-5-3-15-4-6-17/h1-2,7,15H,3-6H2,(H,16,18). The van der Waals surface area contributed by atoms with Crippen LogP contribution in [0.25, 0.3) is 0 Å². The third-order valence-corrected chi connectivity index (χ3v) is 3.47. The van der Waals surface area contributed by atoms with Crippen LogP contribution in [-0.4, -0.2) is 42.9 Å². The molecular formula is C12H13BrFN3O2. The summed E-state index contributed by atoms with van der Waals surface area (Å²) in [6, 6.07) is 3.89. The van der Waals surface area contributed by atoms with Gasteiger partial charge in [0, 0.05) is 30.7 Å². The molecule has 19 heavy (non-hydrogen) atoms. The fraction of sp³-hybridized carbons (Fsp3) is 0.333. The number of benzene rings is 1. The van der Waals surface area contributed by atoms with Gasteiger partial charge in [-0.3, -0.25) is 9.59 Å². The Labute approximate surface area is 118 Å². The quantitative estimate of drug-likeness (QED) is 0.754. The molecule has 1 aliphatic rings. The second-order valence-corrected chi connectivity index (χ2v) is 4.97. The number of carbonyl (C=O) groups excluding carboxylic acids is 2. The summed E-state index contributed by atoms with van der Waals surface area (Å²) in [7, 11) is 0. The summed E-state index contributed by atoms with van der Waals surface area (Å²) in [6.45, 7) is 2.33. The fourth-order valence-corrected chi connectivity index (χ4v) is 2.13. The minimum Gasteiger partial charge on any atom is -0.332 e. The number of rotatable bonds is 1. The molecule has 0 aliphatic carbocycles. The maximum Gasteiger partial charge on any atom is 0.313 e. The molecule has 2 N–H and O–H groups in total. The largest absolute Gasteiger partial charge is 0.332 e. The second kappa shape index (κ2) is 6.12. The molecule has 1 heterocycles. The number of piperazine rings is 1. The molecule has 1 fully saturated rings. The van der Waals surface area contributed by atoms with E-state index in [1.807, 2.05) is 0 Å². The maximum absolute atomic E-state index is 13.1. The van der Waals surface area contributed by atoms with Gasteiger partial charge in [-0.05, 0) is 34.1 Å². The Morgan fingerprint density at radius 2 is 2.00 bits per heavy atom. The fourth-order valence-electron chi connectivity index (χ4n) is 1.78. The van der Waals surface area contributed by atoms with Crippen molar-refractivity contribution in [2.45, 2.75) is 0 Å². The van der Waals surface area contributed by atoms with Crippen molar-refractivity contribution in [3.8, 4) is 0 Å². The third-order valence-electron chi connectivity index (χ3n) is 2.78. The lowest BCUT2D eigenvalue weighted by atomic mass is 10.3. The molecule has 5 nitrogen and oxygen atoms in total. The van der Waals surface area contributed by atoms with E-state index in [1.165, 1.54) is 17.0 Å².